The lowest BCUT2D eigenvalue weighted by atomic mass is 10.1. The van der Waals surface area contributed by atoms with Crippen LogP contribution in [0.2, 0.25) is 0 Å². The Hall–Kier alpha value is -2.90. The highest BCUT2D eigenvalue weighted by atomic mass is 16.6. The number of nitrogens with one attached hydrogen (secondary N) is 1. The molecule has 0 unspecified atom stereocenters. The van der Waals surface area contributed by atoms with E-state index >= 15 is 0 Å². The number of carbonyl (C=O) groups is 1. The molecule has 8 nitrogen and oxygen atoms in total. The highest BCUT2D eigenvalue weighted by Crippen LogP contribution is 2.30. The first kappa shape index (κ1) is 15.5. The van der Waals surface area contributed by atoms with E-state index in [1.807, 2.05) is 30.3 Å². The summed E-state index contributed by atoms with van der Waals surface area (Å²) in [6.07, 6.45) is 0.372. The summed E-state index contributed by atoms with van der Waals surface area (Å²) in [6.45, 7) is 1.42. The number of aromatic nitrogens is 2. The molecule has 2 N–H and O–H groups in total. The summed E-state index contributed by atoms with van der Waals surface area (Å²) in [5.74, 6) is -1.34. The summed E-state index contributed by atoms with van der Waals surface area (Å²) < 4.78 is 1.15. The molecule has 0 bridgehead atoms. The van der Waals surface area contributed by atoms with Crippen molar-refractivity contribution in [2.45, 2.75) is 19.4 Å². The molecule has 22 heavy (non-hydrogen) atoms. The van der Waals surface area contributed by atoms with Crippen molar-refractivity contribution in [2.75, 3.05) is 5.32 Å². The molecule has 0 spiro atoms. The average molecular weight is 304 g/mol. The number of nitro groups is 1. The number of benzene rings is 1. The maximum absolute atomic E-state index is 11.2. The molecular weight excluding hydrogens is 288 g/mol. The Kier molecular flexibility index (Phi) is 4.40. The normalized spacial score (nSPS) is 11.9. The molecule has 0 radical (unpaired) electrons. The van der Waals surface area contributed by atoms with Crippen LogP contribution in [0.4, 0.5) is 11.5 Å². The van der Waals surface area contributed by atoms with Crippen LogP contribution in [-0.4, -0.2) is 31.8 Å². The quantitative estimate of drug-likeness (QED) is 0.622. The van der Waals surface area contributed by atoms with E-state index in [4.69, 9.17) is 5.11 Å². The third kappa shape index (κ3) is 3.22. The number of carboxylic acid groups (broad SMARTS) is 1. The zero-order valence-corrected chi connectivity index (χ0v) is 12.2. The van der Waals surface area contributed by atoms with Crippen molar-refractivity contribution >= 4 is 17.5 Å². The van der Waals surface area contributed by atoms with Gasteiger partial charge in [0.2, 0.25) is 0 Å². The Morgan fingerprint density at radius 3 is 2.64 bits per heavy atom. The smallest absolute Gasteiger partial charge is 0.368 e. The van der Waals surface area contributed by atoms with Crippen LogP contribution >= 0.6 is 0 Å². The predicted octanol–water partition coefficient (Wildman–Crippen LogP) is 1.80. The molecule has 1 aromatic heterocycles. The van der Waals surface area contributed by atoms with Crippen molar-refractivity contribution < 1.29 is 14.8 Å². The third-order valence-corrected chi connectivity index (χ3v) is 3.21. The van der Waals surface area contributed by atoms with Crippen molar-refractivity contribution in [3.8, 4) is 0 Å². The molecule has 8 heteroatoms. The number of aryl methyl sites for hydroxylation is 1. The summed E-state index contributed by atoms with van der Waals surface area (Å²) in [6, 6.07) is 8.39. The van der Waals surface area contributed by atoms with Crippen LogP contribution < -0.4 is 5.32 Å². The minimum Gasteiger partial charge on any atom is -0.480 e. The van der Waals surface area contributed by atoms with Gasteiger partial charge < -0.3 is 20.5 Å². The molecule has 1 aromatic carbocycles. The second-order valence-electron chi connectivity index (χ2n) is 4.89. The van der Waals surface area contributed by atoms with Gasteiger partial charge >= 0.3 is 11.8 Å². The predicted molar refractivity (Wildman–Crippen MR) is 79.8 cm³/mol. The van der Waals surface area contributed by atoms with Gasteiger partial charge in [-0.1, -0.05) is 35.4 Å². The largest absolute Gasteiger partial charge is 0.480 e. The molecule has 2 rings (SSSR count). The number of anilines is 1. The highest BCUT2D eigenvalue weighted by Gasteiger charge is 2.28. The van der Waals surface area contributed by atoms with Crippen LogP contribution in [0.3, 0.4) is 0 Å². The van der Waals surface area contributed by atoms with Crippen LogP contribution in [0.5, 0.6) is 0 Å². The molecule has 0 saturated carbocycles. The van der Waals surface area contributed by atoms with Crippen LogP contribution in [0.25, 0.3) is 0 Å². The number of hydrogen-bond acceptors (Lipinski definition) is 5. The van der Waals surface area contributed by atoms with Gasteiger partial charge in [0.1, 0.15) is 18.8 Å². The monoisotopic (exact) mass is 304 g/mol. The first-order valence-corrected chi connectivity index (χ1v) is 6.63. The Balaban J connectivity index is 2.42. The molecular formula is C14H16N4O4. The molecule has 2 aromatic rings. The van der Waals surface area contributed by atoms with Crippen molar-refractivity contribution in [1.29, 1.82) is 0 Å². The number of hydrogen-bond donors (Lipinski definition) is 2. The van der Waals surface area contributed by atoms with Gasteiger partial charge in [0.05, 0.1) is 0 Å². The number of rotatable bonds is 6. The van der Waals surface area contributed by atoms with Crippen molar-refractivity contribution in [1.82, 2.24) is 9.78 Å². The highest BCUT2D eigenvalue weighted by molar-refractivity contribution is 5.78. The van der Waals surface area contributed by atoms with Gasteiger partial charge in [-0.05, 0) is 17.4 Å². The van der Waals surface area contributed by atoms with Gasteiger partial charge in [-0.3, -0.25) is 4.79 Å². The van der Waals surface area contributed by atoms with E-state index in [0.29, 0.717) is 12.1 Å². The first-order chi connectivity index (χ1) is 10.4. The number of nitrogens with zero attached hydrogens (tertiary/aromatic N) is 3. The van der Waals surface area contributed by atoms with Crippen LogP contribution in [0, 0.1) is 10.1 Å². The summed E-state index contributed by atoms with van der Waals surface area (Å²) in [5, 5.41) is 27.1. The zero-order chi connectivity index (χ0) is 16.3. The lowest BCUT2D eigenvalue weighted by molar-refractivity contribution is -0.391. The lowest BCUT2D eigenvalue weighted by Crippen LogP contribution is -2.26. The minimum absolute atomic E-state index is 0.145. The number of carboxylic acids is 1. The van der Waals surface area contributed by atoms with Gasteiger partial charge in [-0.2, -0.15) is 0 Å². The second-order valence-corrected chi connectivity index (χ2v) is 4.89. The van der Waals surface area contributed by atoms with E-state index in [-0.39, 0.29) is 11.5 Å². The van der Waals surface area contributed by atoms with Crippen molar-refractivity contribution in [3.05, 3.63) is 51.7 Å². The Labute approximate surface area is 126 Å². The van der Waals surface area contributed by atoms with E-state index in [2.05, 4.69) is 10.4 Å². The van der Waals surface area contributed by atoms with Crippen LogP contribution in [-0.2, 0) is 18.3 Å². The molecule has 116 valence electrons. The van der Waals surface area contributed by atoms with E-state index < -0.39 is 16.9 Å². The Morgan fingerprint density at radius 1 is 1.45 bits per heavy atom. The van der Waals surface area contributed by atoms with Crippen LogP contribution in [0.1, 0.15) is 18.2 Å². The Morgan fingerprint density at radius 2 is 2.09 bits per heavy atom. The first-order valence-electron chi connectivity index (χ1n) is 6.63. The number of aliphatic carboxylic acids is 1. The SMILES string of the molecule is C[C@H](Nc1c(Cc2ccccc2)nn(C)c1[N+](=O)[O-])C(=O)O. The molecule has 1 heterocycles. The fourth-order valence-electron chi connectivity index (χ4n) is 2.12. The average Bonchev–Trinajstić information content (AvgIpc) is 2.75. The van der Waals surface area contributed by atoms with Gasteiger partial charge in [0.25, 0.3) is 0 Å². The molecule has 0 saturated heterocycles. The summed E-state index contributed by atoms with van der Waals surface area (Å²) in [5.41, 5.74) is 1.52. The summed E-state index contributed by atoms with van der Waals surface area (Å²) in [7, 11) is 1.46. The maximum Gasteiger partial charge on any atom is 0.368 e. The van der Waals surface area contributed by atoms with Gasteiger partial charge in [-0.15, -0.1) is 4.68 Å². The summed E-state index contributed by atoms with van der Waals surface area (Å²) >= 11 is 0. The minimum atomic E-state index is -1.09. The van der Waals surface area contributed by atoms with Gasteiger partial charge in [0, 0.05) is 6.42 Å². The fourth-order valence-corrected chi connectivity index (χ4v) is 2.12. The van der Waals surface area contributed by atoms with Gasteiger partial charge in [0.15, 0.2) is 5.69 Å². The maximum atomic E-state index is 11.2. The van der Waals surface area contributed by atoms with E-state index in [1.165, 1.54) is 14.0 Å². The topological polar surface area (TPSA) is 110 Å². The molecule has 0 aliphatic carbocycles. The van der Waals surface area contributed by atoms with Crippen LogP contribution in [0.15, 0.2) is 30.3 Å². The molecule has 0 fully saturated rings. The molecule has 0 aliphatic heterocycles. The second kappa shape index (κ2) is 6.25. The third-order valence-electron chi connectivity index (χ3n) is 3.21. The zero-order valence-electron chi connectivity index (χ0n) is 12.2. The molecule has 0 amide bonds. The fraction of sp³-hybridized carbons (Fsp3) is 0.286. The van der Waals surface area contributed by atoms with Crippen molar-refractivity contribution in [3.63, 3.8) is 0 Å². The lowest BCUT2D eigenvalue weighted by Gasteiger charge is -2.10. The van der Waals surface area contributed by atoms with E-state index in [1.54, 1.807) is 0 Å². The van der Waals surface area contributed by atoms with Crippen molar-refractivity contribution in [2.24, 2.45) is 7.05 Å². The Bertz CT molecular complexity index is 696. The van der Waals surface area contributed by atoms with E-state index in [9.17, 15) is 14.9 Å². The van der Waals surface area contributed by atoms with Gasteiger partial charge in [-0.25, -0.2) is 0 Å². The standard InChI is InChI=1S/C14H16N4O4/c1-9(14(19)20)15-12-11(8-10-6-4-3-5-7-10)16-17(2)13(12)18(21)22/h3-7,9,15H,8H2,1-2H3,(H,19,20)/t9-/m0/s1. The van der Waals surface area contributed by atoms with E-state index in [0.717, 1.165) is 10.2 Å². The molecule has 0 aliphatic rings. The summed E-state index contributed by atoms with van der Waals surface area (Å²) in [4.78, 5) is 21.6. The molecule has 1 atom stereocenters.